The molecule has 0 N–H and O–H groups in total. The molecule has 198 valence electrons. The third-order valence-corrected chi connectivity index (χ3v) is 7.26. The van der Waals surface area contributed by atoms with Crippen LogP contribution in [-0.4, -0.2) is 68.2 Å². The zero-order valence-electron chi connectivity index (χ0n) is 21.6. The Morgan fingerprint density at radius 2 is 1.92 bits per heavy atom. The van der Waals surface area contributed by atoms with Gasteiger partial charge in [-0.05, 0) is 67.5 Å². The van der Waals surface area contributed by atoms with Crippen molar-refractivity contribution in [3.8, 4) is 11.5 Å². The number of rotatable bonds is 12. The molecule has 1 aliphatic rings. The summed E-state index contributed by atoms with van der Waals surface area (Å²) in [6.07, 6.45) is 2.41. The lowest BCUT2D eigenvalue weighted by Gasteiger charge is -2.28. The number of hydrogen-bond acceptors (Lipinski definition) is 7. The first-order valence-electron chi connectivity index (χ1n) is 12.4. The van der Waals surface area contributed by atoms with Crippen LogP contribution in [0.2, 0.25) is 0 Å². The van der Waals surface area contributed by atoms with E-state index in [-0.39, 0.29) is 24.5 Å². The summed E-state index contributed by atoms with van der Waals surface area (Å²) in [5.74, 6) is 2.50. The van der Waals surface area contributed by atoms with Crippen LogP contribution in [0, 0.1) is 6.92 Å². The van der Waals surface area contributed by atoms with Crippen LogP contribution in [0.15, 0.2) is 52.3 Å². The van der Waals surface area contributed by atoms with Crippen LogP contribution in [0.5, 0.6) is 11.5 Å². The van der Waals surface area contributed by atoms with Crippen molar-refractivity contribution in [3.05, 3.63) is 69.8 Å². The lowest BCUT2D eigenvalue weighted by Crippen LogP contribution is -2.45. The van der Waals surface area contributed by atoms with E-state index in [1.165, 1.54) is 11.3 Å². The van der Waals surface area contributed by atoms with E-state index in [1.807, 2.05) is 48.7 Å². The first kappa shape index (κ1) is 26.8. The Labute approximate surface area is 221 Å². The Bertz CT molecular complexity index is 1170. The van der Waals surface area contributed by atoms with Crippen LogP contribution in [-0.2, 0) is 22.5 Å². The first-order chi connectivity index (χ1) is 18.0. The molecule has 0 spiro atoms. The summed E-state index contributed by atoms with van der Waals surface area (Å²) in [7, 11) is 3.20. The molecule has 0 radical (unpaired) electrons. The number of benzene rings is 1. The second-order valence-electron chi connectivity index (χ2n) is 9.06. The van der Waals surface area contributed by atoms with E-state index in [0.717, 1.165) is 24.2 Å². The minimum atomic E-state index is -0.146. The van der Waals surface area contributed by atoms with Crippen molar-refractivity contribution >= 4 is 23.2 Å². The van der Waals surface area contributed by atoms with Crippen LogP contribution >= 0.6 is 11.3 Å². The first-order valence-corrected chi connectivity index (χ1v) is 13.3. The average molecular weight is 527 g/mol. The maximum Gasteiger partial charge on any atom is 0.264 e. The molecule has 0 saturated carbocycles. The predicted molar refractivity (Wildman–Crippen MR) is 141 cm³/mol. The third kappa shape index (κ3) is 7.14. The van der Waals surface area contributed by atoms with Gasteiger partial charge in [0, 0.05) is 19.7 Å². The van der Waals surface area contributed by atoms with E-state index in [4.69, 9.17) is 18.6 Å². The third-order valence-electron chi connectivity index (χ3n) is 6.41. The van der Waals surface area contributed by atoms with Crippen LogP contribution in [0.25, 0.3) is 0 Å². The Hall–Kier alpha value is -3.30. The van der Waals surface area contributed by atoms with Crippen molar-refractivity contribution in [2.24, 2.45) is 0 Å². The van der Waals surface area contributed by atoms with Crippen LogP contribution < -0.4 is 9.47 Å². The molecule has 37 heavy (non-hydrogen) atoms. The second kappa shape index (κ2) is 12.8. The van der Waals surface area contributed by atoms with Gasteiger partial charge in [-0.2, -0.15) is 0 Å². The van der Waals surface area contributed by atoms with Crippen LogP contribution in [0.3, 0.4) is 0 Å². The molecule has 1 saturated heterocycles. The van der Waals surface area contributed by atoms with Crippen molar-refractivity contribution in [2.75, 3.05) is 40.5 Å². The molecule has 1 aliphatic heterocycles. The number of aryl methyl sites for hydroxylation is 1. The smallest absolute Gasteiger partial charge is 0.264 e. The van der Waals surface area contributed by atoms with Gasteiger partial charge in [-0.15, -0.1) is 11.3 Å². The molecule has 1 fully saturated rings. The molecule has 3 aromatic rings. The highest BCUT2D eigenvalue weighted by molar-refractivity contribution is 7.12. The molecule has 2 aromatic heterocycles. The van der Waals surface area contributed by atoms with Crippen molar-refractivity contribution in [2.45, 2.75) is 38.8 Å². The van der Waals surface area contributed by atoms with Gasteiger partial charge in [0.1, 0.15) is 18.1 Å². The number of carbonyl (C=O) groups excluding carboxylic acids is 2. The topological polar surface area (TPSA) is 81.5 Å². The van der Waals surface area contributed by atoms with Gasteiger partial charge in [0.05, 0.1) is 31.7 Å². The maximum absolute atomic E-state index is 13.7. The molecule has 4 rings (SSSR count). The number of carbonyl (C=O) groups is 2. The van der Waals surface area contributed by atoms with Crippen molar-refractivity contribution in [1.82, 2.24) is 9.80 Å². The van der Waals surface area contributed by atoms with Gasteiger partial charge in [0.2, 0.25) is 5.91 Å². The number of amides is 2. The van der Waals surface area contributed by atoms with E-state index < -0.39 is 0 Å². The van der Waals surface area contributed by atoms with Crippen molar-refractivity contribution in [3.63, 3.8) is 0 Å². The molecule has 0 bridgehead atoms. The fraction of sp³-hybridized carbons (Fsp3) is 0.429. The Balaban J connectivity index is 1.51. The van der Waals surface area contributed by atoms with Crippen molar-refractivity contribution in [1.29, 1.82) is 0 Å². The highest BCUT2D eigenvalue weighted by Gasteiger charge is 2.28. The summed E-state index contributed by atoms with van der Waals surface area (Å²) in [4.78, 5) is 30.9. The minimum Gasteiger partial charge on any atom is -0.493 e. The maximum atomic E-state index is 13.7. The molecule has 0 unspecified atom stereocenters. The molecule has 0 aliphatic carbocycles. The molecule has 2 amide bonds. The largest absolute Gasteiger partial charge is 0.493 e. The predicted octanol–water partition coefficient (Wildman–Crippen LogP) is 4.56. The highest BCUT2D eigenvalue weighted by Crippen LogP contribution is 2.28. The zero-order valence-corrected chi connectivity index (χ0v) is 22.4. The number of nitrogens with zero attached hydrogens (tertiary/aromatic N) is 2. The number of ether oxygens (including phenoxy) is 3. The molecule has 3 heterocycles. The number of thiophene rings is 1. The summed E-state index contributed by atoms with van der Waals surface area (Å²) in [5.41, 5.74) is 1.01. The molecule has 1 atom stereocenters. The SMILES string of the molecule is COc1ccc(CCN(Cc2ccc(C)o2)C(=O)CN(C[C@H]2CCCO2)C(=O)c2cccs2)cc1OC. The van der Waals surface area contributed by atoms with Crippen molar-refractivity contribution < 1.29 is 28.2 Å². The summed E-state index contributed by atoms with van der Waals surface area (Å²) in [5, 5.41) is 1.87. The Morgan fingerprint density at radius 1 is 1.08 bits per heavy atom. The lowest BCUT2D eigenvalue weighted by atomic mass is 10.1. The number of furan rings is 1. The van der Waals surface area contributed by atoms with Crippen LogP contribution in [0.4, 0.5) is 0 Å². The summed E-state index contributed by atoms with van der Waals surface area (Å²) < 4.78 is 22.3. The molecule has 8 nitrogen and oxygen atoms in total. The van der Waals surface area contributed by atoms with E-state index in [1.54, 1.807) is 30.1 Å². The normalized spacial score (nSPS) is 14.9. The monoisotopic (exact) mass is 526 g/mol. The standard InChI is InChI=1S/C28H34N2O6S/c1-20-8-10-23(36-20)18-29(13-12-21-9-11-24(33-2)25(16-21)34-3)27(31)19-30(17-22-6-4-14-35-22)28(32)26-7-5-15-37-26/h5,7-11,15-16,22H,4,6,12-14,17-19H2,1-3H3/t22-/m1/s1. The van der Waals surface area contributed by atoms with Gasteiger partial charge in [-0.1, -0.05) is 12.1 Å². The number of methoxy groups -OCH3 is 2. The fourth-order valence-corrected chi connectivity index (χ4v) is 5.11. The summed E-state index contributed by atoms with van der Waals surface area (Å²) in [6, 6.07) is 13.1. The van der Waals surface area contributed by atoms with Gasteiger partial charge in [0.15, 0.2) is 11.5 Å². The Morgan fingerprint density at radius 3 is 2.57 bits per heavy atom. The molecule has 1 aromatic carbocycles. The molecule has 9 heteroatoms. The van der Waals surface area contributed by atoms with Crippen LogP contribution in [0.1, 0.15) is 39.6 Å². The average Bonchev–Trinajstić information content (AvgIpc) is 3.69. The minimum absolute atomic E-state index is 0.0256. The molecular formula is C28H34N2O6S. The highest BCUT2D eigenvalue weighted by atomic mass is 32.1. The van der Waals surface area contributed by atoms with Gasteiger partial charge < -0.3 is 28.4 Å². The van der Waals surface area contributed by atoms with Gasteiger partial charge in [0.25, 0.3) is 5.91 Å². The van der Waals surface area contributed by atoms with E-state index in [2.05, 4.69) is 0 Å². The quantitative estimate of drug-likeness (QED) is 0.344. The molecular weight excluding hydrogens is 492 g/mol. The zero-order chi connectivity index (χ0) is 26.2. The lowest BCUT2D eigenvalue weighted by molar-refractivity contribution is -0.133. The van der Waals surface area contributed by atoms with Gasteiger partial charge >= 0.3 is 0 Å². The Kier molecular flexibility index (Phi) is 9.24. The van der Waals surface area contributed by atoms with E-state index in [9.17, 15) is 9.59 Å². The second-order valence-corrected chi connectivity index (χ2v) is 10.0. The van der Waals surface area contributed by atoms with Gasteiger partial charge in [-0.3, -0.25) is 9.59 Å². The van der Waals surface area contributed by atoms with E-state index >= 15 is 0 Å². The fourth-order valence-electron chi connectivity index (χ4n) is 4.42. The summed E-state index contributed by atoms with van der Waals surface area (Å²) >= 11 is 1.38. The van der Waals surface area contributed by atoms with E-state index in [0.29, 0.717) is 54.8 Å². The number of hydrogen-bond donors (Lipinski definition) is 0. The summed E-state index contributed by atoms with van der Waals surface area (Å²) in [6.45, 7) is 3.71. The van der Waals surface area contributed by atoms with Gasteiger partial charge in [-0.25, -0.2) is 0 Å².